The molecule has 0 saturated heterocycles. The number of hydrogen-bond donors (Lipinski definition) is 0. The zero-order valence-corrected chi connectivity index (χ0v) is 12.7. The van der Waals surface area contributed by atoms with Crippen LogP contribution in [0.2, 0.25) is 10.2 Å². The van der Waals surface area contributed by atoms with Gasteiger partial charge < -0.3 is 0 Å². The summed E-state index contributed by atoms with van der Waals surface area (Å²) in [5.74, 6) is 0. The summed E-state index contributed by atoms with van der Waals surface area (Å²) in [5, 5.41) is 0.181. The molecular weight excluding hydrogens is 323 g/mol. The van der Waals surface area contributed by atoms with Gasteiger partial charge in [0.05, 0.1) is 6.61 Å². The Hall–Kier alpha value is -1.21. The van der Waals surface area contributed by atoms with E-state index >= 15 is 0 Å². The maximum absolute atomic E-state index is 11.9. The molecular formula is C12H10Cl2N2O3S. The second-order valence-electron chi connectivity index (χ2n) is 3.97. The van der Waals surface area contributed by atoms with Crippen LogP contribution in [0.5, 0.6) is 0 Å². The van der Waals surface area contributed by atoms with Crippen molar-refractivity contribution in [3.8, 4) is 0 Å². The summed E-state index contributed by atoms with van der Waals surface area (Å²) in [5.41, 5.74) is 1.25. The number of aromatic nitrogens is 2. The van der Waals surface area contributed by atoms with E-state index in [1.807, 2.05) is 0 Å². The smallest absolute Gasteiger partial charge is 0.259 e. The lowest BCUT2D eigenvalue weighted by Gasteiger charge is -2.05. The molecule has 1 aromatic carbocycles. The molecule has 0 aliphatic heterocycles. The first kappa shape index (κ1) is 15.2. The van der Waals surface area contributed by atoms with Crippen LogP contribution in [0.3, 0.4) is 0 Å². The lowest BCUT2D eigenvalue weighted by Crippen LogP contribution is -2.11. The molecule has 0 unspecified atom stereocenters. The Morgan fingerprint density at radius 3 is 2.45 bits per heavy atom. The van der Waals surface area contributed by atoms with Gasteiger partial charge in [-0.3, -0.25) is 4.18 Å². The third-order valence-electron chi connectivity index (χ3n) is 2.41. The predicted octanol–water partition coefficient (Wildman–Crippen LogP) is 3.00. The highest BCUT2D eigenvalue weighted by Crippen LogP contribution is 2.16. The number of hydrogen-bond acceptors (Lipinski definition) is 5. The highest BCUT2D eigenvalue weighted by Gasteiger charge is 2.20. The summed E-state index contributed by atoms with van der Waals surface area (Å²) in [4.78, 5) is 7.40. The van der Waals surface area contributed by atoms with Crippen molar-refractivity contribution in [1.29, 1.82) is 0 Å². The fourth-order valence-electron chi connectivity index (χ4n) is 1.31. The van der Waals surface area contributed by atoms with Crippen molar-refractivity contribution >= 4 is 33.3 Å². The van der Waals surface area contributed by atoms with Crippen LogP contribution in [0.15, 0.2) is 35.6 Å². The summed E-state index contributed by atoms with van der Waals surface area (Å²) in [6.45, 7) is 1.54. The van der Waals surface area contributed by atoms with Gasteiger partial charge in [-0.1, -0.05) is 35.3 Å². The quantitative estimate of drug-likeness (QED) is 0.489. The van der Waals surface area contributed by atoms with Crippen LogP contribution in [0.4, 0.5) is 0 Å². The Labute approximate surface area is 126 Å². The summed E-state index contributed by atoms with van der Waals surface area (Å²) in [6.07, 6.45) is 1.33. The molecule has 0 radical (unpaired) electrons. The molecule has 2 aromatic rings. The molecule has 1 heterocycles. The Balaban J connectivity index is 2.14. The molecule has 0 saturated carbocycles. The Bertz CT molecular complexity index is 718. The van der Waals surface area contributed by atoms with Gasteiger partial charge >= 0.3 is 10.1 Å². The number of rotatable bonds is 4. The normalized spacial score (nSPS) is 11.6. The molecule has 0 aliphatic carbocycles. The van der Waals surface area contributed by atoms with E-state index < -0.39 is 15.3 Å². The van der Waals surface area contributed by atoms with Crippen molar-refractivity contribution < 1.29 is 12.6 Å². The molecule has 20 heavy (non-hydrogen) atoms. The summed E-state index contributed by atoms with van der Waals surface area (Å²) >= 11 is 11.5. The Morgan fingerprint density at radius 1 is 1.20 bits per heavy atom. The van der Waals surface area contributed by atoms with E-state index in [0.29, 0.717) is 16.1 Å². The minimum absolute atomic E-state index is 0.0775. The first-order valence-corrected chi connectivity index (χ1v) is 7.68. The summed E-state index contributed by atoms with van der Waals surface area (Å²) in [7, 11) is -4.05. The van der Waals surface area contributed by atoms with E-state index in [2.05, 4.69) is 9.97 Å². The molecule has 0 N–H and O–H groups in total. The highest BCUT2D eigenvalue weighted by atomic mass is 35.5. The first-order chi connectivity index (χ1) is 9.38. The van der Waals surface area contributed by atoms with Gasteiger partial charge in [0.15, 0.2) is 0 Å². The molecule has 0 fully saturated rings. The van der Waals surface area contributed by atoms with Gasteiger partial charge in [-0.25, -0.2) is 9.97 Å². The van der Waals surface area contributed by atoms with Crippen LogP contribution in [0.25, 0.3) is 0 Å². The molecule has 1 aromatic heterocycles. The fraction of sp³-hybridized carbons (Fsp3) is 0.167. The van der Waals surface area contributed by atoms with Crippen LogP contribution >= 0.6 is 23.2 Å². The van der Waals surface area contributed by atoms with Gasteiger partial charge in [0.2, 0.25) is 0 Å². The van der Waals surface area contributed by atoms with E-state index in [-0.39, 0.29) is 11.8 Å². The molecule has 0 spiro atoms. The number of benzene rings is 1. The molecule has 0 bridgehead atoms. The van der Waals surface area contributed by atoms with E-state index in [9.17, 15) is 8.42 Å². The van der Waals surface area contributed by atoms with Crippen LogP contribution in [0.1, 0.15) is 11.1 Å². The molecule has 0 aliphatic rings. The lowest BCUT2D eigenvalue weighted by atomic mass is 10.2. The van der Waals surface area contributed by atoms with Gasteiger partial charge in [-0.15, -0.1) is 0 Å². The second kappa shape index (κ2) is 6.05. The highest BCUT2D eigenvalue weighted by molar-refractivity contribution is 7.86. The minimum Gasteiger partial charge on any atom is -0.259 e. The number of aryl methyl sites for hydroxylation is 1. The van der Waals surface area contributed by atoms with E-state index in [1.54, 1.807) is 31.2 Å². The van der Waals surface area contributed by atoms with Gasteiger partial charge in [-0.05, 0) is 24.6 Å². The Kier molecular flexibility index (Phi) is 4.59. The third-order valence-corrected chi connectivity index (χ3v) is 4.11. The predicted molar refractivity (Wildman–Crippen MR) is 75.2 cm³/mol. The van der Waals surface area contributed by atoms with Gasteiger partial charge in [0.25, 0.3) is 5.16 Å². The largest absolute Gasteiger partial charge is 0.333 e. The zero-order chi connectivity index (χ0) is 14.8. The van der Waals surface area contributed by atoms with E-state index in [1.165, 1.54) is 6.20 Å². The zero-order valence-electron chi connectivity index (χ0n) is 10.4. The molecule has 5 nitrogen and oxygen atoms in total. The summed E-state index contributed by atoms with van der Waals surface area (Å²) in [6, 6.07) is 6.62. The van der Waals surface area contributed by atoms with Gasteiger partial charge in [0.1, 0.15) is 5.15 Å². The van der Waals surface area contributed by atoms with Crippen LogP contribution < -0.4 is 0 Å². The molecule has 0 atom stereocenters. The summed E-state index contributed by atoms with van der Waals surface area (Å²) < 4.78 is 28.7. The van der Waals surface area contributed by atoms with Crippen molar-refractivity contribution in [3.05, 3.63) is 51.8 Å². The number of halogens is 2. The monoisotopic (exact) mass is 332 g/mol. The van der Waals surface area contributed by atoms with Crippen molar-refractivity contribution in [1.82, 2.24) is 9.97 Å². The van der Waals surface area contributed by atoms with Crippen LogP contribution in [0, 0.1) is 6.92 Å². The standard InChI is InChI=1S/C12H10Cl2N2O3S/c1-8-6-15-12(16-11(8)14)20(17,18)19-7-9-2-4-10(13)5-3-9/h2-6H,7H2,1H3. The third kappa shape index (κ3) is 3.67. The molecule has 8 heteroatoms. The Morgan fingerprint density at radius 2 is 1.85 bits per heavy atom. The molecule has 0 amide bonds. The van der Waals surface area contributed by atoms with Gasteiger partial charge in [0, 0.05) is 16.8 Å². The van der Waals surface area contributed by atoms with Crippen molar-refractivity contribution in [3.63, 3.8) is 0 Å². The average molecular weight is 333 g/mol. The SMILES string of the molecule is Cc1cnc(S(=O)(=O)OCc2ccc(Cl)cc2)nc1Cl. The number of nitrogens with zero attached hydrogens (tertiary/aromatic N) is 2. The lowest BCUT2D eigenvalue weighted by molar-refractivity contribution is 0.304. The topological polar surface area (TPSA) is 69.2 Å². The van der Waals surface area contributed by atoms with Crippen molar-refractivity contribution in [2.75, 3.05) is 0 Å². The van der Waals surface area contributed by atoms with Crippen molar-refractivity contribution in [2.24, 2.45) is 0 Å². The first-order valence-electron chi connectivity index (χ1n) is 5.51. The van der Waals surface area contributed by atoms with E-state index in [4.69, 9.17) is 27.4 Å². The maximum atomic E-state index is 11.9. The molecule has 106 valence electrons. The maximum Gasteiger partial charge on any atom is 0.333 e. The minimum atomic E-state index is -4.05. The van der Waals surface area contributed by atoms with E-state index in [0.717, 1.165) is 0 Å². The van der Waals surface area contributed by atoms with Crippen molar-refractivity contribution in [2.45, 2.75) is 18.7 Å². The van der Waals surface area contributed by atoms with Gasteiger partial charge in [-0.2, -0.15) is 8.42 Å². The second-order valence-corrected chi connectivity index (χ2v) is 6.27. The van der Waals surface area contributed by atoms with Crippen LogP contribution in [-0.4, -0.2) is 18.4 Å². The average Bonchev–Trinajstić information content (AvgIpc) is 2.41. The fourth-order valence-corrected chi connectivity index (χ4v) is 2.39. The van der Waals surface area contributed by atoms with Crippen LogP contribution in [-0.2, 0) is 20.9 Å². The molecule has 2 rings (SSSR count).